The molecule has 1 fully saturated rings. The van der Waals surface area contributed by atoms with Crippen molar-refractivity contribution < 1.29 is 22.4 Å². The van der Waals surface area contributed by atoms with Crippen LogP contribution >= 0.6 is 0 Å². The van der Waals surface area contributed by atoms with Gasteiger partial charge in [-0.3, -0.25) is 10.1 Å². The second kappa shape index (κ2) is 6.02. The van der Waals surface area contributed by atoms with E-state index in [1.54, 1.807) is 0 Å². The summed E-state index contributed by atoms with van der Waals surface area (Å²) in [7, 11) is 0. The topological polar surface area (TPSA) is 68.0 Å². The molecule has 2 aromatic rings. The molecular weight excluding hydrogens is 311 g/mol. The Morgan fingerprint density at radius 1 is 1.13 bits per heavy atom. The summed E-state index contributed by atoms with van der Waals surface area (Å²) in [4.78, 5) is 12.0. The summed E-state index contributed by atoms with van der Waals surface area (Å²) < 4.78 is 42.8. The van der Waals surface area contributed by atoms with Gasteiger partial charge in [0.1, 0.15) is 0 Å². The van der Waals surface area contributed by atoms with Crippen molar-refractivity contribution in [3.8, 4) is 11.5 Å². The molecule has 8 heteroatoms. The molecule has 0 unspecified atom stereocenters. The van der Waals surface area contributed by atoms with Crippen LogP contribution in [0, 0.1) is 5.92 Å². The number of benzene rings is 1. The van der Waals surface area contributed by atoms with Crippen molar-refractivity contribution in [1.82, 2.24) is 10.2 Å². The van der Waals surface area contributed by atoms with Gasteiger partial charge >= 0.3 is 12.2 Å². The molecule has 0 saturated heterocycles. The monoisotopic (exact) mass is 325 g/mol. The van der Waals surface area contributed by atoms with Crippen LogP contribution in [-0.4, -0.2) is 16.1 Å². The normalized spacial score (nSPS) is 15.8. The Morgan fingerprint density at radius 2 is 1.78 bits per heavy atom. The van der Waals surface area contributed by atoms with Crippen molar-refractivity contribution in [2.45, 2.75) is 31.9 Å². The van der Waals surface area contributed by atoms with Crippen LogP contribution < -0.4 is 5.32 Å². The number of aromatic nitrogens is 2. The molecule has 0 aliphatic heterocycles. The zero-order valence-electron chi connectivity index (χ0n) is 12.1. The number of hydrogen-bond acceptors (Lipinski definition) is 4. The number of rotatable bonds is 3. The van der Waals surface area contributed by atoms with Crippen LogP contribution in [0.5, 0.6) is 0 Å². The van der Waals surface area contributed by atoms with Crippen LogP contribution in [0.1, 0.15) is 31.2 Å². The summed E-state index contributed by atoms with van der Waals surface area (Å²) in [5.74, 6) is -0.151. The number of alkyl halides is 3. The SMILES string of the molecule is O=C(Nc1nnc(-c2ccc(C(F)(F)F)cc2)o1)C1CCCC1. The number of nitrogens with zero attached hydrogens (tertiary/aromatic N) is 2. The molecule has 1 aliphatic rings. The molecule has 3 rings (SSSR count). The van der Waals surface area contributed by atoms with Crippen LogP contribution in [0.3, 0.4) is 0 Å². The van der Waals surface area contributed by atoms with E-state index in [0.29, 0.717) is 5.56 Å². The maximum atomic E-state index is 12.5. The average molecular weight is 325 g/mol. The van der Waals surface area contributed by atoms with Gasteiger partial charge in [0, 0.05) is 11.5 Å². The number of amides is 1. The van der Waals surface area contributed by atoms with Crippen molar-refractivity contribution in [2.75, 3.05) is 5.32 Å². The summed E-state index contributed by atoms with van der Waals surface area (Å²) in [5.41, 5.74) is -0.401. The lowest BCUT2D eigenvalue weighted by Crippen LogP contribution is -2.20. The smallest absolute Gasteiger partial charge is 0.403 e. The molecule has 1 aromatic carbocycles. The van der Waals surface area contributed by atoms with E-state index in [9.17, 15) is 18.0 Å². The van der Waals surface area contributed by atoms with Crippen LogP contribution in [-0.2, 0) is 11.0 Å². The minimum atomic E-state index is -4.40. The minimum Gasteiger partial charge on any atom is -0.403 e. The molecule has 23 heavy (non-hydrogen) atoms. The molecule has 1 N–H and O–H groups in total. The molecule has 1 aliphatic carbocycles. The van der Waals surface area contributed by atoms with Crippen LogP contribution in [0.2, 0.25) is 0 Å². The van der Waals surface area contributed by atoms with Crippen LogP contribution in [0.25, 0.3) is 11.5 Å². The Bertz CT molecular complexity index is 689. The number of halogens is 3. The maximum absolute atomic E-state index is 12.5. The molecule has 0 bridgehead atoms. The number of nitrogens with one attached hydrogen (secondary N) is 1. The second-order valence-electron chi connectivity index (χ2n) is 5.46. The first-order valence-corrected chi connectivity index (χ1v) is 7.25. The third kappa shape index (κ3) is 3.52. The first-order valence-electron chi connectivity index (χ1n) is 7.25. The van der Waals surface area contributed by atoms with Gasteiger partial charge in [0.15, 0.2) is 0 Å². The highest BCUT2D eigenvalue weighted by Crippen LogP contribution is 2.31. The lowest BCUT2D eigenvalue weighted by molar-refractivity contribution is -0.137. The van der Waals surface area contributed by atoms with Gasteiger partial charge in [0.05, 0.1) is 5.56 Å². The molecule has 5 nitrogen and oxygen atoms in total. The third-order valence-corrected chi connectivity index (χ3v) is 3.84. The summed E-state index contributed by atoms with van der Waals surface area (Å²) in [6.45, 7) is 0. The molecule has 1 heterocycles. The van der Waals surface area contributed by atoms with Gasteiger partial charge in [-0.2, -0.15) is 13.2 Å². The van der Waals surface area contributed by atoms with Gasteiger partial charge in [0.25, 0.3) is 0 Å². The van der Waals surface area contributed by atoms with E-state index in [1.165, 1.54) is 12.1 Å². The summed E-state index contributed by atoms with van der Waals surface area (Å²) in [6.07, 6.45) is -0.664. The molecule has 0 spiro atoms. The Hall–Kier alpha value is -2.38. The van der Waals surface area contributed by atoms with E-state index in [1.807, 2.05) is 0 Å². The Kier molecular flexibility index (Phi) is 4.06. The van der Waals surface area contributed by atoms with E-state index in [0.717, 1.165) is 37.8 Å². The van der Waals surface area contributed by atoms with Crippen LogP contribution in [0.4, 0.5) is 19.2 Å². The van der Waals surface area contributed by atoms with Gasteiger partial charge in [0.2, 0.25) is 11.8 Å². The van der Waals surface area contributed by atoms with Gasteiger partial charge in [-0.25, -0.2) is 0 Å². The number of hydrogen-bond donors (Lipinski definition) is 1. The molecule has 0 atom stereocenters. The quantitative estimate of drug-likeness (QED) is 0.930. The van der Waals surface area contributed by atoms with Crippen LogP contribution in [0.15, 0.2) is 28.7 Å². The minimum absolute atomic E-state index is 0.0446. The lowest BCUT2D eigenvalue weighted by Gasteiger charge is -2.06. The maximum Gasteiger partial charge on any atom is 0.416 e. The lowest BCUT2D eigenvalue weighted by atomic mass is 10.1. The van der Waals surface area contributed by atoms with Crippen molar-refractivity contribution in [2.24, 2.45) is 5.92 Å². The van der Waals surface area contributed by atoms with Crippen molar-refractivity contribution in [3.05, 3.63) is 29.8 Å². The first-order chi connectivity index (χ1) is 10.9. The van der Waals surface area contributed by atoms with Crippen molar-refractivity contribution >= 4 is 11.9 Å². The fourth-order valence-corrected chi connectivity index (χ4v) is 2.59. The Labute approximate surface area is 129 Å². The van der Waals surface area contributed by atoms with Gasteiger partial charge in [-0.05, 0) is 37.1 Å². The van der Waals surface area contributed by atoms with Gasteiger partial charge < -0.3 is 4.42 Å². The molecule has 1 aromatic heterocycles. The predicted octanol–water partition coefficient (Wildman–Crippen LogP) is 3.88. The molecule has 1 saturated carbocycles. The molecule has 1 amide bonds. The first kappa shape index (κ1) is 15.5. The molecule has 0 radical (unpaired) electrons. The van der Waals surface area contributed by atoms with Crippen molar-refractivity contribution in [3.63, 3.8) is 0 Å². The fourth-order valence-electron chi connectivity index (χ4n) is 2.59. The Balaban J connectivity index is 1.70. The Morgan fingerprint density at radius 3 is 2.39 bits per heavy atom. The van der Waals surface area contributed by atoms with E-state index in [-0.39, 0.29) is 23.7 Å². The summed E-state index contributed by atoms with van der Waals surface area (Å²) in [5, 5.41) is 10.0. The highest BCUT2D eigenvalue weighted by Gasteiger charge is 2.30. The molecule has 122 valence electrons. The average Bonchev–Trinajstić information content (AvgIpc) is 3.18. The van der Waals surface area contributed by atoms with E-state index >= 15 is 0 Å². The van der Waals surface area contributed by atoms with Gasteiger partial charge in [-0.1, -0.05) is 17.9 Å². The summed E-state index contributed by atoms with van der Waals surface area (Å²) in [6, 6.07) is 4.33. The number of anilines is 1. The third-order valence-electron chi connectivity index (χ3n) is 3.84. The van der Waals surface area contributed by atoms with E-state index in [4.69, 9.17) is 4.42 Å². The fraction of sp³-hybridized carbons (Fsp3) is 0.400. The number of carbonyl (C=O) groups excluding carboxylic acids is 1. The highest BCUT2D eigenvalue weighted by atomic mass is 19.4. The summed E-state index contributed by atoms with van der Waals surface area (Å²) >= 11 is 0. The highest BCUT2D eigenvalue weighted by molar-refractivity contribution is 5.90. The molecular formula is C15H14F3N3O2. The van der Waals surface area contributed by atoms with Gasteiger partial charge in [-0.15, -0.1) is 5.10 Å². The largest absolute Gasteiger partial charge is 0.416 e. The van der Waals surface area contributed by atoms with Crippen molar-refractivity contribution in [1.29, 1.82) is 0 Å². The van der Waals surface area contributed by atoms with E-state index in [2.05, 4.69) is 15.5 Å². The second-order valence-corrected chi connectivity index (χ2v) is 5.46. The van der Waals surface area contributed by atoms with E-state index < -0.39 is 11.7 Å². The zero-order valence-corrected chi connectivity index (χ0v) is 12.1. The predicted molar refractivity (Wildman–Crippen MR) is 75.3 cm³/mol. The number of carbonyl (C=O) groups is 1. The zero-order chi connectivity index (χ0) is 16.4. The standard InChI is InChI=1S/C15H14F3N3O2/c16-15(17,18)11-7-5-10(6-8-11)13-20-21-14(23-13)19-12(22)9-3-1-2-4-9/h5-9H,1-4H2,(H,19,21,22).